The Labute approximate surface area is 134 Å². The van der Waals surface area contributed by atoms with Gasteiger partial charge in [0.05, 0.1) is 0 Å². The lowest BCUT2D eigenvalue weighted by atomic mass is 10.0. The smallest absolute Gasteiger partial charge is 0.150 e. The first-order chi connectivity index (χ1) is 11.3. The predicted octanol–water partition coefficient (Wildman–Crippen LogP) is 3.84. The van der Waals surface area contributed by atoms with E-state index < -0.39 is 0 Å². The molecule has 0 saturated carbocycles. The molecule has 0 saturated heterocycles. The summed E-state index contributed by atoms with van der Waals surface area (Å²) in [5.74, 6) is 1.36. The lowest BCUT2D eigenvalue weighted by molar-refractivity contribution is 0.112. The number of carbonyl (C=O) groups excluding carboxylic acids is 1. The molecule has 0 radical (unpaired) electrons. The Morgan fingerprint density at radius 2 is 1.78 bits per heavy atom. The summed E-state index contributed by atoms with van der Waals surface area (Å²) in [5, 5.41) is 0. The first-order valence-corrected chi connectivity index (χ1v) is 7.31. The summed E-state index contributed by atoms with van der Waals surface area (Å²) in [7, 11) is 0. The van der Waals surface area contributed by atoms with Crippen LogP contribution in [-0.2, 0) is 6.61 Å². The second-order valence-corrected chi connectivity index (χ2v) is 5.16. The van der Waals surface area contributed by atoms with Crippen molar-refractivity contribution < 1.29 is 9.53 Å². The SMILES string of the molecule is Cc1ncc(-c2ccc(OCc3ccccc3)cc2C=O)cn1. The number of aryl methyl sites for hydroxylation is 1. The number of hydrogen-bond acceptors (Lipinski definition) is 4. The minimum Gasteiger partial charge on any atom is -0.489 e. The number of ether oxygens (including phenoxy) is 1. The van der Waals surface area contributed by atoms with E-state index in [4.69, 9.17) is 4.74 Å². The van der Waals surface area contributed by atoms with Crippen LogP contribution in [0.4, 0.5) is 0 Å². The van der Waals surface area contributed by atoms with Crippen LogP contribution in [0.15, 0.2) is 60.9 Å². The van der Waals surface area contributed by atoms with Crippen molar-refractivity contribution in [2.45, 2.75) is 13.5 Å². The summed E-state index contributed by atoms with van der Waals surface area (Å²) in [6.45, 7) is 2.29. The van der Waals surface area contributed by atoms with Crippen molar-refractivity contribution in [3.8, 4) is 16.9 Å². The van der Waals surface area contributed by atoms with Gasteiger partial charge in [-0.15, -0.1) is 0 Å². The van der Waals surface area contributed by atoms with Gasteiger partial charge in [0.15, 0.2) is 6.29 Å². The van der Waals surface area contributed by atoms with Gasteiger partial charge in [-0.3, -0.25) is 4.79 Å². The van der Waals surface area contributed by atoms with E-state index in [-0.39, 0.29) is 0 Å². The number of aldehydes is 1. The maximum absolute atomic E-state index is 11.4. The molecule has 3 aromatic rings. The zero-order valence-electron chi connectivity index (χ0n) is 12.8. The number of rotatable bonds is 5. The van der Waals surface area contributed by atoms with Crippen molar-refractivity contribution in [1.82, 2.24) is 9.97 Å². The van der Waals surface area contributed by atoms with Crippen LogP contribution in [0, 0.1) is 6.92 Å². The summed E-state index contributed by atoms with van der Waals surface area (Å²) in [6, 6.07) is 15.4. The molecule has 3 rings (SSSR count). The van der Waals surface area contributed by atoms with Gasteiger partial charge < -0.3 is 4.74 Å². The lowest BCUT2D eigenvalue weighted by Gasteiger charge is -2.10. The Kier molecular flexibility index (Phi) is 4.43. The number of nitrogens with zero attached hydrogens (tertiary/aromatic N) is 2. The van der Waals surface area contributed by atoms with Crippen LogP contribution in [0.1, 0.15) is 21.7 Å². The normalized spacial score (nSPS) is 10.3. The molecule has 2 aromatic carbocycles. The highest BCUT2D eigenvalue weighted by Gasteiger charge is 2.08. The Bertz CT molecular complexity index is 799. The van der Waals surface area contributed by atoms with Gasteiger partial charge in [0.2, 0.25) is 0 Å². The molecule has 4 nitrogen and oxygen atoms in total. The van der Waals surface area contributed by atoms with Gasteiger partial charge >= 0.3 is 0 Å². The zero-order chi connectivity index (χ0) is 16.1. The molecular weight excluding hydrogens is 288 g/mol. The van der Waals surface area contributed by atoms with Gasteiger partial charge in [0.1, 0.15) is 18.2 Å². The van der Waals surface area contributed by atoms with E-state index in [0.717, 1.165) is 23.0 Å². The number of benzene rings is 2. The third-order valence-corrected chi connectivity index (χ3v) is 3.49. The molecule has 0 bridgehead atoms. The fourth-order valence-electron chi connectivity index (χ4n) is 2.26. The van der Waals surface area contributed by atoms with E-state index in [1.165, 1.54) is 0 Å². The van der Waals surface area contributed by atoms with Crippen molar-refractivity contribution in [3.63, 3.8) is 0 Å². The van der Waals surface area contributed by atoms with E-state index in [0.29, 0.717) is 23.7 Å². The van der Waals surface area contributed by atoms with Crippen LogP contribution < -0.4 is 4.74 Å². The van der Waals surface area contributed by atoms with Gasteiger partial charge in [0, 0.05) is 23.5 Å². The minimum absolute atomic E-state index is 0.464. The maximum Gasteiger partial charge on any atom is 0.150 e. The molecule has 0 aliphatic carbocycles. The average Bonchev–Trinajstić information content (AvgIpc) is 2.61. The highest BCUT2D eigenvalue weighted by Crippen LogP contribution is 2.26. The van der Waals surface area contributed by atoms with Crippen molar-refractivity contribution in [1.29, 1.82) is 0 Å². The first kappa shape index (κ1) is 14.9. The topological polar surface area (TPSA) is 52.1 Å². The molecule has 114 valence electrons. The van der Waals surface area contributed by atoms with Gasteiger partial charge in [0.25, 0.3) is 0 Å². The van der Waals surface area contributed by atoms with E-state index in [2.05, 4.69) is 9.97 Å². The number of hydrogen-bond donors (Lipinski definition) is 0. The van der Waals surface area contributed by atoms with Crippen LogP contribution in [0.5, 0.6) is 5.75 Å². The molecule has 0 N–H and O–H groups in total. The van der Waals surface area contributed by atoms with Crippen LogP contribution in [0.2, 0.25) is 0 Å². The molecule has 0 aliphatic heterocycles. The van der Waals surface area contributed by atoms with Gasteiger partial charge in [-0.2, -0.15) is 0 Å². The Hall–Kier alpha value is -3.01. The summed E-state index contributed by atoms with van der Waals surface area (Å²) in [5.41, 5.74) is 3.25. The fraction of sp³-hybridized carbons (Fsp3) is 0.105. The standard InChI is InChI=1S/C19H16N2O2/c1-14-20-10-17(11-21-14)19-8-7-18(9-16(19)12-22)23-13-15-5-3-2-4-6-15/h2-12H,13H2,1H3. The van der Waals surface area contributed by atoms with E-state index in [9.17, 15) is 4.79 Å². The highest BCUT2D eigenvalue weighted by atomic mass is 16.5. The second-order valence-electron chi connectivity index (χ2n) is 5.16. The van der Waals surface area contributed by atoms with E-state index in [1.807, 2.05) is 49.4 Å². The number of aromatic nitrogens is 2. The molecule has 0 spiro atoms. The minimum atomic E-state index is 0.464. The van der Waals surface area contributed by atoms with Crippen LogP contribution in [0.3, 0.4) is 0 Å². The fourth-order valence-corrected chi connectivity index (χ4v) is 2.26. The van der Waals surface area contributed by atoms with Crippen LogP contribution >= 0.6 is 0 Å². The van der Waals surface area contributed by atoms with E-state index >= 15 is 0 Å². The molecule has 0 atom stereocenters. The molecule has 0 amide bonds. The van der Waals surface area contributed by atoms with E-state index in [1.54, 1.807) is 18.5 Å². The quantitative estimate of drug-likeness (QED) is 0.672. The molecule has 1 heterocycles. The number of carbonyl (C=O) groups is 1. The molecule has 4 heteroatoms. The van der Waals surface area contributed by atoms with Gasteiger partial charge in [-0.05, 0) is 36.2 Å². The van der Waals surface area contributed by atoms with Crippen LogP contribution in [0.25, 0.3) is 11.1 Å². The second kappa shape index (κ2) is 6.83. The summed E-state index contributed by atoms with van der Waals surface area (Å²) in [6.07, 6.45) is 4.26. The van der Waals surface area contributed by atoms with Gasteiger partial charge in [-0.1, -0.05) is 30.3 Å². The third kappa shape index (κ3) is 3.61. The molecule has 23 heavy (non-hydrogen) atoms. The molecule has 1 aromatic heterocycles. The van der Waals surface area contributed by atoms with Gasteiger partial charge in [-0.25, -0.2) is 9.97 Å². The van der Waals surface area contributed by atoms with Crippen molar-refractivity contribution in [3.05, 3.63) is 77.9 Å². The molecule has 0 fully saturated rings. The maximum atomic E-state index is 11.4. The van der Waals surface area contributed by atoms with Crippen molar-refractivity contribution in [2.75, 3.05) is 0 Å². The summed E-state index contributed by atoms with van der Waals surface area (Å²) in [4.78, 5) is 19.7. The zero-order valence-corrected chi connectivity index (χ0v) is 12.8. The first-order valence-electron chi connectivity index (χ1n) is 7.31. The van der Waals surface area contributed by atoms with Crippen molar-refractivity contribution in [2.24, 2.45) is 0 Å². The molecular formula is C19H16N2O2. The Morgan fingerprint density at radius 3 is 2.48 bits per heavy atom. The Morgan fingerprint density at radius 1 is 1.04 bits per heavy atom. The highest BCUT2D eigenvalue weighted by molar-refractivity contribution is 5.87. The molecule has 0 aliphatic rings. The van der Waals surface area contributed by atoms with Crippen molar-refractivity contribution >= 4 is 6.29 Å². The Balaban J connectivity index is 1.82. The average molecular weight is 304 g/mol. The predicted molar refractivity (Wildman–Crippen MR) is 88.4 cm³/mol. The molecule has 0 unspecified atom stereocenters. The van der Waals surface area contributed by atoms with Crippen LogP contribution in [-0.4, -0.2) is 16.3 Å². The lowest BCUT2D eigenvalue weighted by Crippen LogP contribution is -1.97. The monoisotopic (exact) mass is 304 g/mol. The summed E-state index contributed by atoms with van der Waals surface area (Å²) < 4.78 is 5.75. The largest absolute Gasteiger partial charge is 0.489 e. The third-order valence-electron chi connectivity index (χ3n) is 3.49. The summed E-state index contributed by atoms with van der Waals surface area (Å²) >= 11 is 0.